The Balaban J connectivity index is 2.85. The molecule has 0 radical (unpaired) electrons. The molecule has 6 heteroatoms. The lowest BCUT2D eigenvalue weighted by molar-refractivity contribution is -0.150. The molecule has 0 saturated heterocycles. The van der Waals surface area contributed by atoms with Gasteiger partial charge in [0, 0.05) is 5.02 Å². The van der Waals surface area contributed by atoms with Gasteiger partial charge in [-0.3, -0.25) is 0 Å². The molecule has 94 valence electrons. The molecule has 1 rings (SSSR count). The van der Waals surface area contributed by atoms with Crippen LogP contribution in [0.1, 0.15) is 13.8 Å². The Labute approximate surface area is 113 Å². The SMILES string of the molecule is CCOC(=O)C(C)Oc1c(N)cc(Cl)cc1Br. The van der Waals surface area contributed by atoms with Crippen LogP contribution in [0.15, 0.2) is 16.6 Å². The molecule has 0 fully saturated rings. The number of carbonyl (C=O) groups is 1. The van der Waals surface area contributed by atoms with E-state index in [-0.39, 0.29) is 0 Å². The van der Waals surface area contributed by atoms with Gasteiger partial charge in [-0.15, -0.1) is 0 Å². The van der Waals surface area contributed by atoms with E-state index >= 15 is 0 Å². The molecule has 1 unspecified atom stereocenters. The number of benzene rings is 1. The summed E-state index contributed by atoms with van der Waals surface area (Å²) in [6.45, 7) is 3.64. The average Bonchev–Trinajstić information content (AvgIpc) is 2.23. The molecule has 17 heavy (non-hydrogen) atoms. The summed E-state index contributed by atoms with van der Waals surface area (Å²) in [5.41, 5.74) is 6.11. The van der Waals surface area contributed by atoms with Gasteiger partial charge < -0.3 is 15.2 Å². The molecule has 2 N–H and O–H groups in total. The number of nitrogen functional groups attached to an aromatic ring is 1. The summed E-state index contributed by atoms with van der Waals surface area (Å²) < 4.78 is 10.9. The van der Waals surface area contributed by atoms with Crippen LogP contribution >= 0.6 is 27.5 Å². The van der Waals surface area contributed by atoms with Crippen LogP contribution in [0.25, 0.3) is 0 Å². The van der Waals surface area contributed by atoms with Gasteiger partial charge in [-0.05, 0) is 41.9 Å². The fourth-order valence-electron chi connectivity index (χ4n) is 1.19. The maximum Gasteiger partial charge on any atom is 0.347 e. The van der Waals surface area contributed by atoms with E-state index in [1.807, 2.05) is 0 Å². The summed E-state index contributed by atoms with van der Waals surface area (Å²) in [4.78, 5) is 11.4. The number of ether oxygens (including phenoxy) is 2. The summed E-state index contributed by atoms with van der Waals surface area (Å²) in [5.74, 6) is -0.0521. The van der Waals surface area contributed by atoms with Gasteiger partial charge in [0.25, 0.3) is 0 Å². The number of anilines is 1. The van der Waals surface area contributed by atoms with Crippen LogP contribution in [-0.2, 0) is 9.53 Å². The number of esters is 1. The minimum atomic E-state index is -0.727. The lowest BCUT2D eigenvalue weighted by atomic mass is 10.3. The van der Waals surface area contributed by atoms with Gasteiger partial charge in [0.05, 0.1) is 16.8 Å². The highest BCUT2D eigenvalue weighted by molar-refractivity contribution is 9.10. The lowest BCUT2D eigenvalue weighted by Gasteiger charge is -2.16. The molecule has 1 atom stereocenters. The highest BCUT2D eigenvalue weighted by Crippen LogP contribution is 2.35. The monoisotopic (exact) mass is 321 g/mol. The van der Waals surface area contributed by atoms with Crippen molar-refractivity contribution < 1.29 is 14.3 Å². The van der Waals surface area contributed by atoms with Crippen molar-refractivity contribution in [2.75, 3.05) is 12.3 Å². The Kier molecular flexibility index (Phi) is 5.08. The highest BCUT2D eigenvalue weighted by atomic mass is 79.9. The van der Waals surface area contributed by atoms with Crippen LogP contribution in [0.4, 0.5) is 5.69 Å². The van der Waals surface area contributed by atoms with Crippen LogP contribution in [0.2, 0.25) is 5.02 Å². The van der Waals surface area contributed by atoms with Crippen molar-refractivity contribution in [3.05, 3.63) is 21.6 Å². The largest absolute Gasteiger partial charge is 0.476 e. The van der Waals surface area contributed by atoms with Gasteiger partial charge in [-0.2, -0.15) is 0 Å². The van der Waals surface area contributed by atoms with E-state index < -0.39 is 12.1 Å². The number of halogens is 2. The molecule has 0 spiro atoms. The standard InChI is InChI=1S/C11H13BrClNO3/c1-3-16-11(15)6(2)17-10-8(12)4-7(13)5-9(10)14/h4-6H,3,14H2,1-2H3. The fourth-order valence-corrected chi connectivity index (χ4v) is 2.12. The second-order valence-electron chi connectivity index (χ2n) is 3.32. The predicted octanol–water partition coefficient (Wildman–Crippen LogP) is 3.02. The summed E-state index contributed by atoms with van der Waals surface area (Å²) >= 11 is 9.09. The van der Waals surface area contributed by atoms with E-state index in [4.69, 9.17) is 26.8 Å². The Morgan fingerprint density at radius 2 is 2.24 bits per heavy atom. The van der Waals surface area contributed by atoms with Crippen LogP contribution < -0.4 is 10.5 Å². The van der Waals surface area contributed by atoms with Crippen LogP contribution in [0, 0.1) is 0 Å². The Bertz CT molecular complexity index is 402. The number of nitrogens with two attached hydrogens (primary N) is 1. The number of rotatable bonds is 4. The van der Waals surface area contributed by atoms with Gasteiger partial charge >= 0.3 is 5.97 Å². The molecule has 0 heterocycles. The maximum atomic E-state index is 11.4. The van der Waals surface area contributed by atoms with Crippen molar-refractivity contribution in [3.8, 4) is 5.75 Å². The Morgan fingerprint density at radius 3 is 2.76 bits per heavy atom. The van der Waals surface area contributed by atoms with Crippen molar-refractivity contribution in [1.29, 1.82) is 0 Å². The molecular weight excluding hydrogens is 309 g/mol. The van der Waals surface area contributed by atoms with Crippen molar-refractivity contribution in [2.45, 2.75) is 20.0 Å². The number of hydrogen-bond acceptors (Lipinski definition) is 4. The third-order valence-electron chi connectivity index (χ3n) is 1.95. The molecule has 0 aliphatic rings. The summed E-state index contributed by atoms with van der Waals surface area (Å²) in [6, 6.07) is 3.20. The molecule has 0 aliphatic carbocycles. The van der Waals surface area contributed by atoms with E-state index in [9.17, 15) is 4.79 Å². The topological polar surface area (TPSA) is 61.5 Å². The normalized spacial score (nSPS) is 12.0. The van der Waals surface area contributed by atoms with E-state index in [0.717, 1.165) is 0 Å². The zero-order valence-electron chi connectivity index (χ0n) is 9.50. The fraction of sp³-hybridized carbons (Fsp3) is 0.364. The molecule has 0 aliphatic heterocycles. The van der Waals surface area contributed by atoms with E-state index in [2.05, 4.69) is 15.9 Å². The van der Waals surface area contributed by atoms with Crippen molar-refractivity contribution in [2.24, 2.45) is 0 Å². The first-order valence-corrected chi connectivity index (χ1v) is 6.20. The molecule has 0 saturated carbocycles. The summed E-state index contributed by atoms with van der Waals surface area (Å²) in [7, 11) is 0. The molecular formula is C11H13BrClNO3. The molecule has 0 aromatic heterocycles. The zero-order valence-corrected chi connectivity index (χ0v) is 11.8. The maximum absolute atomic E-state index is 11.4. The van der Waals surface area contributed by atoms with Gasteiger partial charge in [0.1, 0.15) is 0 Å². The smallest absolute Gasteiger partial charge is 0.347 e. The van der Waals surface area contributed by atoms with Crippen molar-refractivity contribution >= 4 is 39.2 Å². The predicted molar refractivity (Wildman–Crippen MR) is 70.3 cm³/mol. The van der Waals surface area contributed by atoms with Crippen LogP contribution in [0.5, 0.6) is 5.75 Å². The Morgan fingerprint density at radius 1 is 1.59 bits per heavy atom. The van der Waals surface area contributed by atoms with Gasteiger partial charge in [-0.1, -0.05) is 11.6 Å². The second-order valence-corrected chi connectivity index (χ2v) is 4.61. The van der Waals surface area contributed by atoms with Crippen LogP contribution in [0.3, 0.4) is 0 Å². The van der Waals surface area contributed by atoms with Gasteiger partial charge in [0.15, 0.2) is 11.9 Å². The molecule has 1 aromatic rings. The van der Waals surface area contributed by atoms with Crippen molar-refractivity contribution in [3.63, 3.8) is 0 Å². The minimum absolute atomic E-state index is 0.309. The summed E-state index contributed by atoms with van der Waals surface area (Å²) in [6.07, 6.45) is -0.727. The van der Waals surface area contributed by atoms with Gasteiger partial charge in [-0.25, -0.2) is 4.79 Å². The van der Waals surface area contributed by atoms with E-state index in [1.165, 1.54) is 0 Å². The third kappa shape index (κ3) is 3.78. The number of carbonyl (C=O) groups excluding carboxylic acids is 1. The first kappa shape index (κ1) is 14.1. The van der Waals surface area contributed by atoms with E-state index in [0.29, 0.717) is 27.5 Å². The Hall–Kier alpha value is -0.940. The molecule has 0 amide bonds. The first-order chi connectivity index (χ1) is 7.95. The third-order valence-corrected chi connectivity index (χ3v) is 2.76. The van der Waals surface area contributed by atoms with Gasteiger partial charge in [0.2, 0.25) is 0 Å². The zero-order chi connectivity index (χ0) is 13.0. The number of hydrogen-bond donors (Lipinski definition) is 1. The second kappa shape index (κ2) is 6.12. The first-order valence-electron chi connectivity index (χ1n) is 5.03. The average molecular weight is 323 g/mol. The summed E-state index contributed by atoms with van der Waals surface area (Å²) in [5, 5.41) is 0.491. The van der Waals surface area contributed by atoms with Crippen LogP contribution in [-0.4, -0.2) is 18.7 Å². The molecule has 1 aromatic carbocycles. The lowest BCUT2D eigenvalue weighted by Crippen LogP contribution is -2.26. The van der Waals surface area contributed by atoms with Crippen molar-refractivity contribution in [1.82, 2.24) is 0 Å². The minimum Gasteiger partial charge on any atom is -0.476 e. The highest BCUT2D eigenvalue weighted by Gasteiger charge is 2.18. The molecule has 0 bridgehead atoms. The quantitative estimate of drug-likeness (QED) is 0.684. The van der Waals surface area contributed by atoms with E-state index in [1.54, 1.807) is 26.0 Å². The molecule has 4 nitrogen and oxygen atoms in total.